The molecule has 0 N–H and O–H groups in total. The Morgan fingerprint density at radius 2 is 1.62 bits per heavy atom. The van der Waals surface area contributed by atoms with E-state index in [1.807, 2.05) is 48.5 Å². The summed E-state index contributed by atoms with van der Waals surface area (Å²) in [4.78, 5) is 1.64. The molecule has 0 saturated heterocycles. The molecule has 0 unspecified atom stereocenters. The molecule has 128 valence electrons. The van der Waals surface area contributed by atoms with Gasteiger partial charge in [0, 0.05) is 11.3 Å². The minimum Gasteiger partial charge on any atom is -0.237 e. The minimum atomic E-state index is 0.544. The summed E-state index contributed by atoms with van der Waals surface area (Å²) in [6, 6.07) is 20.2. The van der Waals surface area contributed by atoms with Crippen LogP contribution >= 0.6 is 0 Å². The molecule has 0 radical (unpaired) electrons. The molecule has 0 spiro atoms. The normalized spacial score (nSPS) is 13.1. The summed E-state index contributed by atoms with van der Waals surface area (Å²) in [5, 5.41) is 17.8. The van der Waals surface area contributed by atoms with Crippen molar-refractivity contribution in [1.82, 2.24) is 30.0 Å². The molecule has 6 heteroatoms. The average molecular weight is 342 g/mol. The largest absolute Gasteiger partial charge is 0.237 e. The fourth-order valence-corrected chi connectivity index (χ4v) is 3.57. The lowest BCUT2D eigenvalue weighted by molar-refractivity contribution is 0.557. The number of benzene rings is 2. The highest BCUT2D eigenvalue weighted by molar-refractivity contribution is 5.53. The molecule has 4 aromatic rings. The summed E-state index contributed by atoms with van der Waals surface area (Å²) in [6.45, 7) is 0.544. The van der Waals surface area contributed by atoms with Crippen molar-refractivity contribution >= 4 is 0 Å². The molecule has 0 amide bonds. The Hall–Kier alpha value is -3.28. The summed E-state index contributed by atoms with van der Waals surface area (Å²) in [5.74, 6) is 0.643. The summed E-state index contributed by atoms with van der Waals surface area (Å²) in [6.07, 6.45) is 3.31. The number of nitrogens with zero attached hydrogens (tertiary/aromatic N) is 6. The van der Waals surface area contributed by atoms with E-state index in [9.17, 15) is 0 Å². The predicted octanol–water partition coefficient (Wildman–Crippen LogP) is 3.06. The first-order chi connectivity index (χ1) is 12.9. The van der Waals surface area contributed by atoms with Gasteiger partial charge in [0.15, 0.2) is 0 Å². The molecule has 2 heterocycles. The van der Waals surface area contributed by atoms with Crippen LogP contribution in [0.4, 0.5) is 0 Å². The molecule has 2 aromatic carbocycles. The fourth-order valence-electron chi connectivity index (χ4n) is 3.57. The van der Waals surface area contributed by atoms with Crippen molar-refractivity contribution in [3.05, 3.63) is 77.6 Å². The molecular formula is C20H18N6. The van der Waals surface area contributed by atoms with Gasteiger partial charge in [0.05, 0.1) is 11.4 Å². The summed E-state index contributed by atoms with van der Waals surface area (Å²) in [7, 11) is 0. The molecule has 26 heavy (non-hydrogen) atoms. The van der Waals surface area contributed by atoms with Gasteiger partial charge >= 0.3 is 0 Å². The highest BCUT2D eigenvalue weighted by atomic mass is 15.6. The number of aromatic nitrogens is 6. The smallest absolute Gasteiger partial charge is 0.204 e. The molecule has 1 aliphatic carbocycles. The Morgan fingerprint density at radius 3 is 2.42 bits per heavy atom. The van der Waals surface area contributed by atoms with Crippen molar-refractivity contribution in [2.45, 2.75) is 25.8 Å². The molecule has 6 nitrogen and oxygen atoms in total. The summed E-state index contributed by atoms with van der Waals surface area (Å²) < 4.78 is 2.08. The lowest BCUT2D eigenvalue weighted by Crippen LogP contribution is -2.07. The molecule has 0 saturated carbocycles. The van der Waals surface area contributed by atoms with Crippen LogP contribution in [0.2, 0.25) is 0 Å². The van der Waals surface area contributed by atoms with E-state index in [0.29, 0.717) is 12.4 Å². The number of hydrogen-bond acceptors (Lipinski definition) is 4. The second-order valence-electron chi connectivity index (χ2n) is 6.48. The number of rotatable bonds is 4. The average Bonchev–Trinajstić information content (AvgIpc) is 3.41. The van der Waals surface area contributed by atoms with Gasteiger partial charge in [-0.15, -0.1) is 10.2 Å². The van der Waals surface area contributed by atoms with Crippen molar-refractivity contribution < 1.29 is 0 Å². The van der Waals surface area contributed by atoms with E-state index in [1.165, 1.54) is 17.7 Å². The number of para-hydroxylation sites is 1. The van der Waals surface area contributed by atoms with Crippen molar-refractivity contribution in [3.63, 3.8) is 0 Å². The van der Waals surface area contributed by atoms with Gasteiger partial charge in [-0.25, -0.2) is 4.68 Å². The molecule has 1 aliphatic rings. The van der Waals surface area contributed by atoms with Crippen molar-refractivity contribution in [2.24, 2.45) is 0 Å². The second kappa shape index (κ2) is 6.22. The number of fused-ring (bicyclic) bond motifs is 1. The van der Waals surface area contributed by atoms with E-state index in [0.717, 1.165) is 29.8 Å². The lowest BCUT2D eigenvalue weighted by atomic mass is 10.2. The topological polar surface area (TPSA) is 61.4 Å². The van der Waals surface area contributed by atoms with Crippen LogP contribution in [0.5, 0.6) is 0 Å². The highest BCUT2D eigenvalue weighted by Gasteiger charge is 2.23. The first-order valence-electron chi connectivity index (χ1n) is 8.87. The van der Waals surface area contributed by atoms with Gasteiger partial charge in [-0.1, -0.05) is 48.5 Å². The third-order valence-corrected chi connectivity index (χ3v) is 4.79. The van der Waals surface area contributed by atoms with Gasteiger partial charge in [0.1, 0.15) is 6.54 Å². The first-order valence-corrected chi connectivity index (χ1v) is 8.87. The Morgan fingerprint density at radius 1 is 0.846 bits per heavy atom. The summed E-state index contributed by atoms with van der Waals surface area (Å²) in [5.41, 5.74) is 5.77. The van der Waals surface area contributed by atoms with Gasteiger partial charge in [-0.3, -0.25) is 0 Å². The van der Waals surface area contributed by atoms with Crippen molar-refractivity contribution in [3.8, 4) is 17.1 Å². The lowest BCUT2D eigenvalue weighted by Gasteiger charge is -2.04. The Bertz CT molecular complexity index is 1030. The molecule has 2 aromatic heterocycles. The Kier molecular flexibility index (Phi) is 3.59. The summed E-state index contributed by atoms with van der Waals surface area (Å²) >= 11 is 0. The van der Waals surface area contributed by atoms with Gasteiger partial charge in [-0.05, 0) is 42.2 Å². The van der Waals surface area contributed by atoms with Gasteiger partial charge < -0.3 is 0 Å². The molecule has 5 rings (SSSR count). The van der Waals surface area contributed by atoms with E-state index in [-0.39, 0.29) is 0 Å². The molecule has 0 atom stereocenters. The van der Waals surface area contributed by atoms with Crippen LogP contribution < -0.4 is 0 Å². The monoisotopic (exact) mass is 342 g/mol. The number of tetrazole rings is 1. The SMILES string of the molecule is c1ccc(-c2nnn(Cc3nn(-c4ccccc4)c4c3CCC4)n2)cc1. The van der Waals surface area contributed by atoms with Crippen LogP contribution in [0.1, 0.15) is 23.4 Å². The van der Waals surface area contributed by atoms with Crippen LogP contribution in [-0.4, -0.2) is 30.0 Å². The van der Waals surface area contributed by atoms with E-state index < -0.39 is 0 Å². The third kappa shape index (κ3) is 2.60. The zero-order valence-electron chi connectivity index (χ0n) is 14.3. The van der Waals surface area contributed by atoms with Crippen LogP contribution in [0.15, 0.2) is 60.7 Å². The standard InChI is InChI=1S/C20H18N6/c1-3-8-15(9-4-1)20-21-24-25(23-20)14-18-17-12-7-13-19(17)26(22-18)16-10-5-2-6-11-16/h1-6,8-11H,7,12-14H2. The van der Waals surface area contributed by atoms with Gasteiger partial charge in [-0.2, -0.15) is 9.90 Å². The van der Waals surface area contributed by atoms with E-state index >= 15 is 0 Å². The van der Waals surface area contributed by atoms with Crippen LogP contribution in [0.25, 0.3) is 17.1 Å². The van der Waals surface area contributed by atoms with Crippen LogP contribution in [-0.2, 0) is 19.4 Å². The maximum absolute atomic E-state index is 4.87. The first kappa shape index (κ1) is 15.0. The van der Waals surface area contributed by atoms with E-state index in [2.05, 4.69) is 32.2 Å². The third-order valence-electron chi connectivity index (χ3n) is 4.79. The number of hydrogen-bond donors (Lipinski definition) is 0. The fraction of sp³-hybridized carbons (Fsp3) is 0.200. The maximum atomic E-state index is 4.87. The molecule has 0 fully saturated rings. The Labute approximate surface area is 151 Å². The molecule has 0 bridgehead atoms. The predicted molar refractivity (Wildman–Crippen MR) is 97.9 cm³/mol. The molecule has 0 aliphatic heterocycles. The quantitative estimate of drug-likeness (QED) is 0.572. The maximum Gasteiger partial charge on any atom is 0.204 e. The van der Waals surface area contributed by atoms with Crippen LogP contribution in [0.3, 0.4) is 0 Å². The van der Waals surface area contributed by atoms with Crippen molar-refractivity contribution in [1.29, 1.82) is 0 Å². The minimum absolute atomic E-state index is 0.544. The highest BCUT2D eigenvalue weighted by Crippen LogP contribution is 2.28. The Balaban J connectivity index is 1.48. The zero-order chi connectivity index (χ0) is 17.3. The van der Waals surface area contributed by atoms with Crippen LogP contribution in [0, 0.1) is 0 Å². The van der Waals surface area contributed by atoms with Gasteiger partial charge in [0.2, 0.25) is 5.82 Å². The molecular weight excluding hydrogens is 324 g/mol. The zero-order valence-corrected chi connectivity index (χ0v) is 14.3. The second-order valence-corrected chi connectivity index (χ2v) is 6.48. The van der Waals surface area contributed by atoms with Gasteiger partial charge in [0.25, 0.3) is 0 Å². The van der Waals surface area contributed by atoms with E-state index in [4.69, 9.17) is 5.10 Å². The van der Waals surface area contributed by atoms with Crippen molar-refractivity contribution in [2.75, 3.05) is 0 Å². The van der Waals surface area contributed by atoms with E-state index in [1.54, 1.807) is 4.80 Å².